The molecule has 0 saturated carbocycles. The summed E-state index contributed by atoms with van der Waals surface area (Å²) >= 11 is 0. The molecule has 0 N–H and O–H groups in total. The summed E-state index contributed by atoms with van der Waals surface area (Å²) in [5, 5.41) is 8.84. The van der Waals surface area contributed by atoms with E-state index in [-0.39, 0.29) is 5.91 Å². The second-order valence-electron chi connectivity index (χ2n) is 7.16. The number of rotatable bonds is 7. The van der Waals surface area contributed by atoms with Gasteiger partial charge in [-0.1, -0.05) is 30.3 Å². The number of nitrogens with zero attached hydrogens (tertiary/aromatic N) is 4. The number of carbonyl (C=O) groups is 1. The molecule has 0 saturated heterocycles. The molecular weight excluding hydrogens is 396 g/mol. The van der Waals surface area contributed by atoms with Crippen molar-refractivity contribution in [1.82, 2.24) is 19.7 Å². The first kappa shape index (κ1) is 20.5. The summed E-state index contributed by atoms with van der Waals surface area (Å²) < 4.78 is 12.4. The van der Waals surface area contributed by atoms with E-state index in [9.17, 15) is 9.59 Å². The quantitative estimate of drug-likeness (QED) is 0.429. The summed E-state index contributed by atoms with van der Waals surface area (Å²) in [5.41, 5.74) is 1.59. The molecule has 2 aromatic heterocycles. The van der Waals surface area contributed by atoms with Gasteiger partial charge in [-0.2, -0.15) is 0 Å². The second kappa shape index (κ2) is 8.93. The van der Waals surface area contributed by atoms with Gasteiger partial charge in [-0.05, 0) is 29.8 Å². The number of fused-ring (bicyclic) bond motifs is 1. The van der Waals surface area contributed by atoms with Crippen molar-refractivity contribution >= 4 is 16.9 Å². The highest BCUT2D eigenvalue weighted by Crippen LogP contribution is 2.22. The molecule has 0 fully saturated rings. The molecular formula is C23H22N4O4. The molecule has 2 heterocycles. The normalized spacial score (nSPS) is 11.0. The lowest BCUT2D eigenvalue weighted by atomic mass is 10.0. The second-order valence-corrected chi connectivity index (χ2v) is 7.16. The van der Waals surface area contributed by atoms with Crippen molar-refractivity contribution in [1.29, 1.82) is 0 Å². The maximum atomic E-state index is 13.0. The number of aromatic nitrogens is 3. The van der Waals surface area contributed by atoms with E-state index in [4.69, 9.17) is 9.15 Å². The zero-order chi connectivity index (χ0) is 21.8. The summed E-state index contributed by atoms with van der Waals surface area (Å²) in [6.45, 7) is 1.43. The predicted octanol–water partition coefficient (Wildman–Crippen LogP) is 2.97. The van der Waals surface area contributed by atoms with Crippen LogP contribution in [0.15, 0.2) is 70.1 Å². The van der Waals surface area contributed by atoms with Gasteiger partial charge in [0.2, 0.25) is 0 Å². The third-order valence-electron chi connectivity index (χ3n) is 5.02. The van der Waals surface area contributed by atoms with Crippen LogP contribution in [0.4, 0.5) is 0 Å². The highest BCUT2D eigenvalue weighted by molar-refractivity contribution is 5.95. The van der Waals surface area contributed by atoms with E-state index < -0.39 is 5.63 Å². The van der Waals surface area contributed by atoms with Crippen LogP contribution in [0.1, 0.15) is 16.2 Å². The van der Waals surface area contributed by atoms with Crippen molar-refractivity contribution in [3.05, 3.63) is 82.7 Å². The van der Waals surface area contributed by atoms with Gasteiger partial charge >= 0.3 is 5.63 Å². The number of ether oxygens (including phenoxy) is 1. The Morgan fingerprint density at radius 1 is 1.16 bits per heavy atom. The van der Waals surface area contributed by atoms with E-state index in [0.29, 0.717) is 47.8 Å². The van der Waals surface area contributed by atoms with Crippen LogP contribution in [-0.4, -0.2) is 46.3 Å². The number of para-hydroxylation sites is 1. The lowest BCUT2D eigenvalue weighted by Crippen LogP contribution is -2.28. The molecule has 4 rings (SSSR count). The Morgan fingerprint density at radius 2 is 2.00 bits per heavy atom. The van der Waals surface area contributed by atoms with Crippen LogP contribution in [0, 0.1) is 0 Å². The minimum Gasteiger partial charge on any atom is -0.422 e. The maximum Gasteiger partial charge on any atom is 0.344 e. The minimum absolute atomic E-state index is 0.187. The molecule has 0 unspecified atom stereocenters. The van der Waals surface area contributed by atoms with Crippen molar-refractivity contribution in [3.8, 4) is 11.1 Å². The first-order chi connectivity index (χ1) is 15.1. The van der Waals surface area contributed by atoms with Crippen LogP contribution < -0.4 is 5.63 Å². The van der Waals surface area contributed by atoms with Gasteiger partial charge < -0.3 is 18.6 Å². The summed E-state index contributed by atoms with van der Waals surface area (Å²) in [6, 6.07) is 16.1. The molecule has 8 nitrogen and oxygen atoms in total. The Hall–Kier alpha value is -3.78. The molecule has 0 aliphatic heterocycles. The van der Waals surface area contributed by atoms with Crippen LogP contribution in [0.3, 0.4) is 0 Å². The fraction of sp³-hybridized carbons (Fsp3) is 0.217. The van der Waals surface area contributed by atoms with E-state index in [0.717, 1.165) is 5.39 Å². The zero-order valence-corrected chi connectivity index (χ0v) is 17.3. The molecule has 0 spiro atoms. The van der Waals surface area contributed by atoms with E-state index in [1.807, 2.05) is 22.8 Å². The topological polar surface area (TPSA) is 90.5 Å². The molecule has 8 heteroatoms. The van der Waals surface area contributed by atoms with Gasteiger partial charge in [0.15, 0.2) is 5.82 Å². The monoisotopic (exact) mass is 418 g/mol. The zero-order valence-electron chi connectivity index (χ0n) is 17.3. The van der Waals surface area contributed by atoms with E-state index in [1.165, 1.54) is 0 Å². The summed E-state index contributed by atoms with van der Waals surface area (Å²) in [5.74, 6) is 0.479. The third kappa shape index (κ3) is 4.39. The lowest BCUT2D eigenvalue weighted by molar-refractivity contribution is 0.0779. The van der Waals surface area contributed by atoms with Gasteiger partial charge in [-0.15, -0.1) is 10.2 Å². The Balaban J connectivity index is 1.58. The molecule has 31 heavy (non-hydrogen) atoms. The average molecular weight is 418 g/mol. The number of methoxy groups -OCH3 is 1. The maximum absolute atomic E-state index is 13.0. The van der Waals surface area contributed by atoms with Crippen LogP contribution >= 0.6 is 0 Å². The fourth-order valence-electron chi connectivity index (χ4n) is 3.37. The van der Waals surface area contributed by atoms with Crippen molar-refractivity contribution in [2.24, 2.45) is 0 Å². The number of hydrogen-bond acceptors (Lipinski definition) is 6. The first-order valence-electron chi connectivity index (χ1n) is 9.81. The van der Waals surface area contributed by atoms with Crippen molar-refractivity contribution in [2.75, 3.05) is 20.8 Å². The average Bonchev–Trinajstić information content (AvgIpc) is 3.23. The highest BCUT2D eigenvalue weighted by atomic mass is 16.5. The van der Waals surface area contributed by atoms with Gasteiger partial charge in [-0.25, -0.2) is 4.79 Å². The standard InChI is InChI=1S/C23H22N4O4/c1-26(14-21-25-24-15-27(21)10-11-30-2)22(28)18-8-5-7-16(12-18)19-13-17-6-3-4-9-20(17)31-23(19)29/h3-9,12-13,15H,10-11,14H2,1-2H3. The Labute approximate surface area is 178 Å². The number of carbonyl (C=O) groups excluding carboxylic acids is 1. The van der Waals surface area contributed by atoms with Crippen LogP contribution in [-0.2, 0) is 17.8 Å². The van der Waals surface area contributed by atoms with Gasteiger partial charge in [0.25, 0.3) is 5.91 Å². The number of amides is 1. The van der Waals surface area contributed by atoms with Gasteiger partial charge in [-0.3, -0.25) is 4.79 Å². The SMILES string of the molecule is COCCn1cnnc1CN(C)C(=O)c1cccc(-c2cc3ccccc3oc2=O)c1. The summed E-state index contributed by atoms with van der Waals surface area (Å²) in [7, 11) is 3.33. The van der Waals surface area contributed by atoms with Crippen LogP contribution in [0.5, 0.6) is 0 Å². The molecule has 158 valence electrons. The lowest BCUT2D eigenvalue weighted by Gasteiger charge is -2.17. The molecule has 4 aromatic rings. The smallest absolute Gasteiger partial charge is 0.344 e. The molecule has 0 bridgehead atoms. The molecule has 1 amide bonds. The van der Waals surface area contributed by atoms with Crippen LogP contribution in [0.25, 0.3) is 22.1 Å². The molecule has 0 aliphatic carbocycles. The summed E-state index contributed by atoms with van der Waals surface area (Å²) in [4.78, 5) is 27.1. The molecule has 0 radical (unpaired) electrons. The van der Waals surface area contributed by atoms with Crippen molar-refractivity contribution in [2.45, 2.75) is 13.1 Å². The predicted molar refractivity (Wildman–Crippen MR) is 116 cm³/mol. The molecule has 2 aromatic carbocycles. The molecule has 0 aliphatic rings. The van der Waals surface area contributed by atoms with E-state index in [1.54, 1.807) is 61.8 Å². The van der Waals surface area contributed by atoms with Gasteiger partial charge in [0.05, 0.1) is 18.7 Å². The van der Waals surface area contributed by atoms with Crippen molar-refractivity contribution < 1.29 is 13.9 Å². The Kier molecular flexibility index (Phi) is 5.90. The van der Waals surface area contributed by atoms with E-state index >= 15 is 0 Å². The summed E-state index contributed by atoms with van der Waals surface area (Å²) in [6.07, 6.45) is 1.62. The first-order valence-corrected chi connectivity index (χ1v) is 9.81. The number of hydrogen-bond donors (Lipinski definition) is 0. The molecule has 0 atom stereocenters. The highest BCUT2D eigenvalue weighted by Gasteiger charge is 2.17. The fourth-order valence-corrected chi connectivity index (χ4v) is 3.37. The minimum atomic E-state index is -0.442. The Bertz CT molecular complexity index is 1280. The van der Waals surface area contributed by atoms with Gasteiger partial charge in [0.1, 0.15) is 11.9 Å². The van der Waals surface area contributed by atoms with Gasteiger partial charge in [0, 0.05) is 31.7 Å². The largest absolute Gasteiger partial charge is 0.422 e. The van der Waals surface area contributed by atoms with E-state index in [2.05, 4.69) is 10.2 Å². The Morgan fingerprint density at radius 3 is 2.84 bits per heavy atom. The van der Waals surface area contributed by atoms with Crippen molar-refractivity contribution in [3.63, 3.8) is 0 Å². The number of benzene rings is 2. The third-order valence-corrected chi connectivity index (χ3v) is 5.02. The van der Waals surface area contributed by atoms with Crippen LogP contribution in [0.2, 0.25) is 0 Å².